The summed E-state index contributed by atoms with van der Waals surface area (Å²) in [5, 5.41) is 10.3. The third-order valence-corrected chi connectivity index (χ3v) is 8.18. The highest BCUT2D eigenvalue weighted by molar-refractivity contribution is 8.13. The van der Waals surface area contributed by atoms with Crippen molar-refractivity contribution in [2.75, 3.05) is 38.7 Å². The number of benzene rings is 1. The molecular formula is C29H41FN4O7S. The van der Waals surface area contributed by atoms with Crippen LogP contribution in [0.1, 0.15) is 51.0 Å². The molecule has 1 aromatic carbocycles. The van der Waals surface area contributed by atoms with Crippen molar-refractivity contribution in [3.05, 3.63) is 35.6 Å². The molecule has 1 aliphatic heterocycles. The lowest BCUT2D eigenvalue weighted by atomic mass is 9.84. The first-order valence-corrected chi connectivity index (χ1v) is 15.4. The van der Waals surface area contributed by atoms with Crippen LogP contribution in [0.25, 0.3) is 0 Å². The molecular weight excluding hydrogens is 567 g/mol. The van der Waals surface area contributed by atoms with E-state index in [0.717, 1.165) is 43.9 Å². The van der Waals surface area contributed by atoms with Crippen molar-refractivity contribution >= 4 is 40.5 Å². The third kappa shape index (κ3) is 12.1. The number of thioether (sulfide) groups is 1. The second-order valence-electron chi connectivity index (χ2n) is 10.6. The van der Waals surface area contributed by atoms with Crippen molar-refractivity contribution in [3.63, 3.8) is 0 Å². The van der Waals surface area contributed by atoms with E-state index in [1.54, 1.807) is 6.07 Å². The molecule has 4 N–H and O–H groups in total. The van der Waals surface area contributed by atoms with E-state index in [2.05, 4.69) is 21.3 Å². The molecule has 42 heavy (non-hydrogen) atoms. The summed E-state index contributed by atoms with van der Waals surface area (Å²) in [5.74, 6) is -2.25. The van der Waals surface area contributed by atoms with E-state index in [1.807, 2.05) is 0 Å². The molecule has 3 rings (SSSR count). The van der Waals surface area contributed by atoms with Crippen molar-refractivity contribution in [3.8, 4) is 0 Å². The second-order valence-corrected chi connectivity index (χ2v) is 11.6. The molecule has 0 aromatic heterocycles. The third-order valence-electron chi connectivity index (χ3n) is 7.11. The fraction of sp³-hybridized carbons (Fsp3) is 0.621. The molecule has 11 nitrogen and oxygen atoms in total. The maximum atomic E-state index is 14.0. The number of nitrogens with one attached hydrogen (secondary N) is 4. The lowest BCUT2D eigenvalue weighted by Crippen LogP contribution is -2.53. The van der Waals surface area contributed by atoms with Gasteiger partial charge in [-0.2, -0.15) is 0 Å². The minimum Gasteiger partial charge on any atom is -0.377 e. The molecule has 0 spiro atoms. The van der Waals surface area contributed by atoms with E-state index in [0.29, 0.717) is 12.0 Å². The van der Waals surface area contributed by atoms with Crippen LogP contribution < -0.4 is 21.3 Å². The summed E-state index contributed by atoms with van der Waals surface area (Å²) < 4.78 is 24.8. The molecule has 1 saturated heterocycles. The Morgan fingerprint density at radius 3 is 2.50 bits per heavy atom. The molecule has 2 aliphatic rings. The molecule has 13 heteroatoms. The van der Waals surface area contributed by atoms with Gasteiger partial charge in [0, 0.05) is 25.6 Å². The minimum absolute atomic E-state index is 0.00310. The maximum Gasteiger partial charge on any atom is 0.246 e. The van der Waals surface area contributed by atoms with Crippen LogP contribution >= 0.6 is 11.8 Å². The lowest BCUT2D eigenvalue weighted by Gasteiger charge is -2.28. The van der Waals surface area contributed by atoms with Gasteiger partial charge in [-0.05, 0) is 30.0 Å². The van der Waals surface area contributed by atoms with Crippen LogP contribution in [0.5, 0.6) is 0 Å². The van der Waals surface area contributed by atoms with Crippen LogP contribution in [0.3, 0.4) is 0 Å². The van der Waals surface area contributed by atoms with E-state index in [9.17, 15) is 28.4 Å². The normalized spacial score (nSPS) is 24.8. The van der Waals surface area contributed by atoms with E-state index in [1.165, 1.54) is 25.1 Å². The number of carbonyl (C=O) groups is 5. The summed E-state index contributed by atoms with van der Waals surface area (Å²) in [6.07, 6.45) is 5.54. The molecule has 0 bridgehead atoms. The Bertz CT molecular complexity index is 1090. The van der Waals surface area contributed by atoms with Crippen LogP contribution in [0.4, 0.5) is 4.39 Å². The SMILES string of the molecule is CC(=O)N[C@H]1CSC(=O)[C@H](Cc2cccc(F)c2)NC(=O)[C@H](CC2CCCCC2)NC(=O)COCCOCCNC1=O. The van der Waals surface area contributed by atoms with Gasteiger partial charge in [-0.3, -0.25) is 24.0 Å². The van der Waals surface area contributed by atoms with Gasteiger partial charge in [-0.15, -0.1) is 0 Å². The Morgan fingerprint density at radius 2 is 1.76 bits per heavy atom. The van der Waals surface area contributed by atoms with E-state index in [4.69, 9.17) is 9.47 Å². The number of ether oxygens (including phenoxy) is 2. The summed E-state index contributed by atoms with van der Waals surface area (Å²) in [6, 6.07) is 2.75. The highest BCUT2D eigenvalue weighted by Crippen LogP contribution is 2.27. The van der Waals surface area contributed by atoms with Gasteiger partial charge in [-0.25, -0.2) is 4.39 Å². The Balaban J connectivity index is 1.83. The van der Waals surface area contributed by atoms with Crippen molar-refractivity contribution in [2.45, 2.75) is 70.0 Å². The molecule has 0 unspecified atom stereocenters. The number of hydrogen-bond donors (Lipinski definition) is 4. The van der Waals surface area contributed by atoms with Crippen molar-refractivity contribution < 1.29 is 37.8 Å². The van der Waals surface area contributed by atoms with Crippen LogP contribution in [-0.4, -0.2) is 85.6 Å². The summed E-state index contributed by atoms with van der Waals surface area (Å²) in [6.45, 7) is 1.67. The highest BCUT2D eigenvalue weighted by Gasteiger charge is 2.31. The largest absolute Gasteiger partial charge is 0.377 e. The van der Waals surface area contributed by atoms with E-state index < -0.39 is 52.7 Å². The zero-order chi connectivity index (χ0) is 30.3. The van der Waals surface area contributed by atoms with Gasteiger partial charge in [-0.1, -0.05) is 56.0 Å². The molecule has 232 valence electrons. The van der Waals surface area contributed by atoms with Crippen LogP contribution in [0.2, 0.25) is 0 Å². The fourth-order valence-electron chi connectivity index (χ4n) is 5.04. The molecule has 3 atom stereocenters. The molecule has 1 aromatic rings. The minimum atomic E-state index is -1.08. The summed E-state index contributed by atoms with van der Waals surface area (Å²) in [4.78, 5) is 64.3. The van der Waals surface area contributed by atoms with Gasteiger partial charge in [0.05, 0.1) is 19.8 Å². The number of carbonyl (C=O) groups excluding carboxylic acids is 5. The van der Waals surface area contributed by atoms with E-state index in [-0.39, 0.29) is 51.1 Å². The smallest absolute Gasteiger partial charge is 0.246 e. The van der Waals surface area contributed by atoms with Crippen LogP contribution in [0.15, 0.2) is 24.3 Å². The Kier molecular flexibility index (Phi) is 14.2. The molecule has 1 heterocycles. The topological polar surface area (TPSA) is 152 Å². The summed E-state index contributed by atoms with van der Waals surface area (Å²) >= 11 is 0.786. The van der Waals surface area contributed by atoms with Gasteiger partial charge < -0.3 is 30.7 Å². The van der Waals surface area contributed by atoms with Crippen molar-refractivity contribution in [1.82, 2.24) is 21.3 Å². The zero-order valence-corrected chi connectivity index (χ0v) is 24.8. The summed E-state index contributed by atoms with van der Waals surface area (Å²) in [7, 11) is 0. The molecule has 1 aliphatic carbocycles. The predicted molar refractivity (Wildman–Crippen MR) is 155 cm³/mol. The zero-order valence-electron chi connectivity index (χ0n) is 24.0. The Hall–Kier alpha value is -3.03. The molecule has 4 amide bonds. The fourth-order valence-corrected chi connectivity index (χ4v) is 5.95. The highest BCUT2D eigenvalue weighted by atomic mass is 32.2. The number of halogens is 1. The quantitative estimate of drug-likeness (QED) is 0.390. The number of rotatable bonds is 5. The average Bonchev–Trinajstić information content (AvgIpc) is 2.95. The first kappa shape index (κ1) is 33.5. The van der Waals surface area contributed by atoms with Gasteiger partial charge in [0.1, 0.15) is 30.5 Å². The van der Waals surface area contributed by atoms with E-state index >= 15 is 0 Å². The maximum absolute atomic E-state index is 14.0. The van der Waals surface area contributed by atoms with Gasteiger partial charge in [0.15, 0.2) is 0 Å². The molecule has 0 radical (unpaired) electrons. The predicted octanol–water partition coefficient (Wildman–Crippen LogP) is 1.24. The summed E-state index contributed by atoms with van der Waals surface area (Å²) in [5.41, 5.74) is 0.491. The Labute approximate surface area is 249 Å². The van der Waals surface area contributed by atoms with Crippen LogP contribution in [-0.2, 0) is 39.9 Å². The van der Waals surface area contributed by atoms with Gasteiger partial charge in [0.2, 0.25) is 28.7 Å². The first-order valence-electron chi connectivity index (χ1n) is 14.4. The van der Waals surface area contributed by atoms with Crippen molar-refractivity contribution in [1.29, 1.82) is 0 Å². The Morgan fingerprint density at radius 1 is 1.00 bits per heavy atom. The molecule has 1 saturated carbocycles. The lowest BCUT2D eigenvalue weighted by molar-refractivity contribution is -0.133. The van der Waals surface area contributed by atoms with Gasteiger partial charge in [0.25, 0.3) is 0 Å². The molecule has 2 fully saturated rings. The standard InChI is InChI=1S/C29H41FN4O7S/c1-19(35)32-25-18-42-29(39)24(16-21-8-5-9-22(30)14-21)34-28(38)23(15-20-6-3-2-4-7-20)33-26(36)17-41-13-12-40-11-10-31-27(25)37/h5,8-9,14,20,23-25H,2-4,6-7,10-13,15-18H2,1H3,(H,31,37)(H,32,35)(H,33,36)(H,34,38)/t23-,24-,25-/m0/s1. The number of amides is 4. The average molecular weight is 609 g/mol. The first-order chi connectivity index (χ1) is 20.2. The van der Waals surface area contributed by atoms with Crippen LogP contribution in [0, 0.1) is 11.7 Å². The van der Waals surface area contributed by atoms with Gasteiger partial charge >= 0.3 is 0 Å². The number of hydrogen-bond acceptors (Lipinski definition) is 8. The van der Waals surface area contributed by atoms with Crippen molar-refractivity contribution in [2.24, 2.45) is 5.92 Å². The second kappa shape index (κ2) is 17.8. The monoisotopic (exact) mass is 608 g/mol.